The normalized spacial score (nSPS) is 9.97. The molecule has 0 unspecified atom stereocenters. The molecule has 0 fully saturated rings. The minimum absolute atomic E-state index is 0. The number of hydrogen-bond donors (Lipinski definition) is 3. The second kappa shape index (κ2) is 23.3. The van der Waals surface area contributed by atoms with Gasteiger partial charge in [0, 0.05) is 62.7 Å². The predicted octanol–water partition coefficient (Wildman–Crippen LogP) is 8.76. The molecule has 0 amide bonds. The van der Waals surface area contributed by atoms with Gasteiger partial charge in [0.1, 0.15) is 29.3 Å². The number of nitrogens with zero attached hydrogens (tertiary/aromatic N) is 3. The van der Waals surface area contributed by atoms with E-state index in [4.69, 9.17) is 14.9 Å². The van der Waals surface area contributed by atoms with Crippen LogP contribution in [0.15, 0.2) is 142 Å². The summed E-state index contributed by atoms with van der Waals surface area (Å²) in [6.07, 6.45) is 6.97. The molecule has 8 rings (SSSR count). The molecule has 290 valence electrons. The Labute approximate surface area is 367 Å². The van der Waals surface area contributed by atoms with Crippen LogP contribution < -0.4 is 35.2 Å². The number of phenols is 1. The molecular formula is C49H44N5NaO4. The van der Waals surface area contributed by atoms with E-state index in [0.717, 1.165) is 66.9 Å². The van der Waals surface area contributed by atoms with E-state index in [1.54, 1.807) is 18.3 Å². The van der Waals surface area contributed by atoms with Crippen molar-refractivity contribution in [3.8, 4) is 35.1 Å². The topological polar surface area (TPSA) is 170 Å². The number of aldehydes is 1. The summed E-state index contributed by atoms with van der Waals surface area (Å²) in [6.45, 7) is 9.61. The molecule has 0 aliphatic rings. The van der Waals surface area contributed by atoms with Crippen molar-refractivity contribution in [3.63, 3.8) is 0 Å². The minimum atomic E-state index is -0.606. The molecule has 8 aromatic rings. The van der Waals surface area contributed by atoms with Crippen molar-refractivity contribution in [2.75, 3.05) is 0 Å². The van der Waals surface area contributed by atoms with E-state index >= 15 is 0 Å². The summed E-state index contributed by atoms with van der Waals surface area (Å²) in [5.41, 5.74) is 9.25. The van der Waals surface area contributed by atoms with E-state index in [9.17, 15) is 20.0 Å². The first kappa shape index (κ1) is 46.5. The van der Waals surface area contributed by atoms with Gasteiger partial charge in [0.25, 0.3) is 0 Å². The molecule has 0 atom stereocenters. The van der Waals surface area contributed by atoms with E-state index in [2.05, 4.69) is 22.1 Å². The molecular weight excluding hydrogens is 746 g/mol. The molecule has 0 aliphatic heterocycles. The van der Waals surface area contributed by atoms with Gasteiger partial charge in [-0.15, -0.1) is 0 Å². The Morgan fingerprint density at radius 2 is 1.31 bits per heavy atom. The molecule has 0 aliphatic carbocycles. The molecule has 5 aromatic carbocycles. The minimum Gasteiger partial charge on any atom is -1.00 e. The van der Waals surface area contributed by atoms with Crippen molar-refractivity contribution in [2.24, 2.45) is 0 Å². The van der Waals surface area contributed by atoms with Crippen LogP contribution in [0.5, 0.6) is 5.75 Å². The van der Waals surface area contributed by atoms with Crippen molar-refractivity contribution >= 4 is 45.1 Å². The predicted molar refractivity (Wildman–Crippen MR) is 233 cm³/mol. The quantitative estimate of drug-likeness (QED) is 0.0695. The van der Waals surface area contributed by atoms with Crippen LogP contribution in [0.1, 0.15) is 59.9 Å². The number of aromatic hydroxyl groups is 1. The number of aryl methyl sites for hydroxylation is 3. The van der Waals surface area contributed by atoms with E-state index in [1.807, 2.05) is 156 Å². The van der Waals surface area contributed by atoms with Crippen molar-refractivity contribution < 1.29 is 45.3 Å². The Bertz CT molecular complexity index is 2890. The number of carbonyl (C=O) groups excluding carboxylic acids is 1. The third-order valence-electron chi connectivity index (χ3n) is 8.53. The summed E-state index contributed by atoms with van der Waals surface area (Å²) < 4.78 is 5.45. The summed E-state index contributed by atoms with van der Waals surface area (Å²) in [6, 6.07) is 42.3. The Morgan fingerprint density at radius 1 is 0.746 bits per heavy atom. The van der Waals surface area contributed by atoms with Crippen LogP contribution in [0.4, 0.5) is 0 Å². The fourth-order valence-corrected chi connectivity index (χ4v) is 5.85. The zero-order valence-corrected chi connectivity index (χ0v) is 36.0. The number of aromatic amines is 2. The van der Waals surface area contributed by atoms with Gasteiger partial charge in [-0.3, -0.25) is 4.79 Å². The van der Waals surface area contributed by atoms with Gasteiger partial charge in [-0.2, -0.15) is 15.8 Å². The smallest absolute Gasteiger partial charge is 1.00 e. The van der Waals surface area contributed by atoms with Crippen molar-refractivity contribution in [3.05, 3.63) is 177 Å². The van der Waals surface area contributed by atoms with Gasteiger partial charge in [-0.25, -0.2) is 4.79 Å². The average molecular weight is 790 g/mol. The molecule has 0 radical (unpaired) electrons. The molecule has 59 heavy (non-hydrogen) atoms. The average Bonchev–Trinajstić information content (AvgIpc) is 3.93. The number of benzene rings is 5. The van der Waals surface area contributed by atoms with E-state index < -0.39 is 5.63 Å². The van der Waals surface area contributed by atoms with E-state index in [1.165, 1.54) is 5.56 Å². The fourth-order valence-electron chi connectivity index (χ4n) is 5.85. The summed E-state index contributed by atoms with van der Waals surface area (Å²) in [5.74, 6) is 0.332. The van der Waals surface area contributed by atoms with E-state index in [0.29, 0.717) is 23.3 Å². The third-order valence-corrected chi connectivity index (χ3v) is 8.53. The van der Waals surface area contributed by atoms with Crippen molar-refractivity contribution in [2.45, 2.75) is 41.0 Å². The maximum absolute atomic E-state index is 12.3. The van der Waals surface area contributed by atoms with Gasteiger partial charge >= 0.3 is 35.2 Å². The number of rotatable bonds is 3. The first-order chi connectivity index (χ1) is 28.0. The van der Waals surface area contributed by atoms with Gasteiger partial charge in [0.2, 0.25) is 0 Å². The van der Waals surface area contributed by atoms with E-state index in [-0.39, 0.29) is 36.5 Å². The maximum atomic E-state index is 12.3. The Balaban J connectivity index is 0.000000285. The first-order valence-electron chi connectivity index (χ1n) is 18.4. The zero-order valence-electron chi connectivity index (χ0n) is 35.0. The number of H-pyrrole nitrogens is 2. The molecule has 0 bridgehead atoms. The Kier molecular flexibility index (Phi) is 18.4. The number of fused-ring (bicyclic) bond motifs is 4. The van der Waals surface area contributed by atoms with Crippen molar-refractivity contribution in [1.82, 2.24) is 9.97 Å². The molecule has 9 nitrogen and oxygen atoms in total. The van der Waals surface area contributed by atoms with Crippen LogP contribution in [-0.2, 0) is 0 Å². The second-order valence-corrected chi connectivity index (χ2v) is 13.1. The summed E-state index contributed by atoms with van der Waals surface area (Å²) in [5, 5.41) is 37.3. The zero-order chi connectivity index (χ0) is 42.0. The standard InChI is InChI=1S/C19H12N2O2.C11H11N.C8H7NO.C8H8O.C3H5N.Na.H/c1-11-3-2-4-12(9-11)17-14-5-6-16-13(7-8-21-16)18(14)23-19(22)15(17)10-20;1-9-4-3-5-11(6-9)7-10(2)8-12;10-8-3-1-2-7-6(8)4-5-9-7;1-7-3-2-4-8(5-7)6-9;1-2-3-4;;/h2-9,21H,1H3;3-7H,1-2H3;1-5,9-10H;2-6H,1H3;2H2,1H3;;/q;;;;;+1;-1/b;10-7-;;;;;. The number of nitriles is 3. The summed E-state index contributed by atoms with van der Waals surface area (Å²) in [7, 11) is 0. The molecule has 10 heteroatoms. The monoisotopic (exact) mass is 789 g/mol. The van der Waals surface area contributed by atoms with Crippen LogP contribution in [0.2, 0.25) is 0 Å². The van der Waals surface area contributed by atoms with Gasteiger partial charge in [0.05, 0.1) is 12.1 Å². The number of carbonyl (C=O) groups is 1. The van der Waals surface area contributed by atoms with Crippen LogP contribution >= 0.6 is 0 Å². The van der Waals surface area contributed by atoms with Gasteiger partial charge in [-0.05, 0) is 87.4 Å². The number of allylic oxidation sites excluding steroid dienone is 1. The summed E-state index contributed by atoms with van der Waals surface area (Å²) in [4.78, 5) is 28.6. The first-order valence-corrected chi connectivity index (χ1v) is 18.4. The van der Waals surface area contributed by atoms with Gasteiger partial charge in [0.15, 0.2) is 0 Å². The second-order valence-electron chi connectivity index (χ2n) is 13.1. The van der Waals surface area contributed by atoms with Crippen LogP contribution in [0, 0.1) is 54.8 Å². The van der Waals surface area contributed by atoms with Crippen LogP contribution in [0.25, 0.3) is 50.0 Å². The number of aromatic nitrogens is 2. The fraction of sp³-hybridized carbons (Fsp3) is 0.122. The van der Waals surface area contributed by atoms with Gasteiger partial charge < -0.3 is 20.9 Å². The Morgan fingerprint density at radius 3 is 1.85 bits per heavy atom. The molecule has 0 spiro atoms. The summed E-state index contributed by atoms with van der Waals surface area (Å²) >= 11 is 0. The molecule has 3 heterocycles. The molecule has 3 N–H and O–H groups in total. The maximum Gasteiger partial charge on any atom is 1.00 e. The number of hydrogen-bond acceptors (Lipinski definition) is 7. The Hall–Kier alpha value is -6.93. The SMILES string of the molecule is C/C(C#N)=C/c1cccc(C)c1.CCC#N.Cc1cccc(-c2c(C#N)c(=O)oc3c2ccc2[nH]ccc23)c1.Cc1cccc(C=O)c1.Oc1cccc2[nH]ccc12.[H-].[Na+]. The third kappa shape index (κ3) is 13.1. The van der Waals surface area contributed by atoms with Crippen LogP contribution in [0.3, 0.4) is 0 Å². The van der Waals surface area contributed by atoms with Gasteiger partial charge in [-0.1, -0.05) is 96.4 Å². The molecule has 3 aromatic heterocycles. The largest absolute Gasteiger partial charge is 1.00 e. The number of phenolic OH excluding ortho intramolecular Hbond substituents is 1. The van der Waals surface area contributed by atoms with Crippen LogP contribution in [-0.4, -0.2) is 21.4 Å². The molecule has 0 saturated heterocycles. The molecule has 0 saturated carbocycles. The number of nitrogens with one attached hydrogen (secondary N) is 2. The van der Waals surface area contributed by atoms with Crippen molar-refractivity contribution in [1.29, 1.82) is 15.8 Å².